The van der Waals surface area contributed by atoms with Crippen LogP contribution in [0.4, 0.5) is 0 Å². The van der Waals surface area contributed by atoms with Crippen LogP contribution in [0, 0.1) is 11.3 Å². The smallest absolute Gasteiger partial charge is 0.232 e. The number of benzene rings is 2. The number of rotatable bonds is 5. The third-order valence-electron chi connectivity index (χ3n) is 5.82. The van der Waals surface area contributed by atoms with Crippen molar-refractivity contribution in [3.05, 3.63) is 58.1 Å². The molecule has 160 valence electrons. The van der Waals surface area contributed by atoms with E-state index in [0.29, 0.717) is 10.0 Å². The number of halogens is 3. The van der Waals surface area contributed by atoms with Gasteiger partial charge in [0.05, 0.1) is 29.6 Å². The molecule has 2 fully saturated rings. The van der Waals surface area contributed by atoms with E-state index in [0.717, 1.165) is 29.5 Å². The molecule has 0 spiro atoms. The molecule has 5 nitrogen and oxygen atoms in total. The summed E-state index contributed by atoms with van der Waals surface area (Å²) in [6.45, 7) is 1.74. The van der Waals surface area contributed by atoms with Crippen molar-refractivity contribution in [2.75, 3.05) is 6.61 Å². The van der Waals surface area contributed by atoms with Crippen LogP contribution in [0.3, 0.4) is 0 Å². The van der Waals surface area contributed by atoms with Crippen molar-refractivity contribution >= 4 is 47.5 Å². The molecule has 1 aliphatic heterocycles. The molecule has 2 aromatic rings. The average Bonchev–Trinajstić information content (AvgIpc) is 3.49. The molecule has 0 bridgehead atoms. The molecule has 1 saturated heterocycles. The summed E-state index contributed by atoms with van der Waals surface area (Å²) >= 11 is 12.9. The number of hydrogen-bond acceptors (Lipinski definition) is 3. The summed E-state index contributed by atoms with van der Waals surface area (Å²) in [5.41, 5.74) is 1.64. The maximum absolute atomic E-state index is 13.0. The van der Waals surface area contributed by atoms with Gasteiger partial charge >= 0.3 is 0 Å². The van der Waals surface area contributed by atoms with Gasteiger partial charge in [-0.05, 0) is 48.9 Å². The fourth-order valence-electron chi connectivity index (χ4n) is 4.15. The van der Waals surface area contributed by atoms with E-state index in [-0.39, 0.29) is 49.3 Å². The van der Waals surface area contributed by atoms with Gasteiger partial charge in [-0.25, -0.2) is 0 Å². The molecule has 2 aromatic carbocycles. The van der Waals surface area contributed by atoms with Gasteiger partial charge in [0.1, 0.15) is 0 Å². The number of nitrogens with zero attached hydrogens (tertiary/aromatic N) is 1. The first-order valence-corrected chi connectivity index (χ1v) is 10.4. The average molecular weight is 469 g/mol. The molecule has 30 heavy (non-hydrogen) atoms. The Balaban J connectivity index is 0.00000256. The first kappa shape index (κ1) is 22.9. The van der Waals surface area contributed by atoms with Crippen molar-refractivity contribution < 1.29 is 9.90 Å². The molecule has 0 unspecified atom stereocenters. The van der Waals surface area contributed by atoms with Gasteiger partial charge in [0.2, 0.25) is 5.91 Å². The van der Waals surface area contributed by atoms with Crippen molar-refractivity contribution in [2.45, 2.75) is 37.8 Å². The summed E-state index contributed by atoms with van der Waals surface area (Å²) in [4.78, 5) is 14.4. The highest BCUT2D eigenvalue weighted by atomic mass is 35.5. The highest BCUT2D eigenvalue weighted by Crippen LogP contribution is 2.41. The predicted molar refractivity (Wildman–Crippen MR) is 122 cm³/mol. The lowest BCUT2D eigenvalue weighted by Gasteiger charge is -2.44. The van der Waals surface area contributed by atoms with Crippen LogP contribution in [0.1, 0.15) is 31.7 Å². The van der Waals surface area contributed by atoms with E-state index in [9.17, 15) is 9.90 Å². The Morgan fingerprint density at radius 2 is 1.97 bits per heavy atom. The quantitative estimate of drug-likeness (QED) is 0.588. The number of guanidine groups is 1. The summed E-state index contributed by atoms with van der Waals surface area (Å²) < 4.78 is 0. The highest BCUT2D eigenvalue weighted by molar-refractivity contribution is 6.34. The monoisotopic (exact) mass is 467 g/mol. The van der Waals surface area contributed by atoms with Crippen LogP contribution in [0.5, 0.6) is 0 Å². The minimum Gasteiger partial charge on any atom is -0.394 e. The van der Waals surface area contributed by atoms with Gasteiger partial charge < -0.3 is 10.4 Å². The SMILES string of the molecule is C[C@@]1(c2cccc(-c3cccc(Cl)c3)c2Cl)CC(=O)N([C@@H](CO)C2CC2)C(=N)N1.Cl. The van der Waals surface area contributed by atoms with Gasteiger partial charge in [-0.2, -0.15) is 0 Å². The molecule has 1 aliphatic carbocycles. The van der Waals surface area contributed by atoms with Crippen LogP contribution in [-0.4, -0.2) is 34.5 Å². The number of nitrogens with one attached hydrogen (secondary N) is 2. The molecular weight excluding hydrogens is 445 g/mol. The van der Waals surface area contributed by atoms with E-state index >= 15 is 0 Å². The van der Waals surface area contributed by atoms with Crippen LogP contribution in [0.15, 0.2) is 42.5 Å². The summed E-state index contributed by atoms with van der Waals surface area (Å²) in [5.74, 6) is 0.107. The molecule has 1 heterocycles. The second kappa shape index (κ2) is 8.75. The Hall–Kier alpha value is -1.79. The van der Waals surface area contributed by atoms with Crippen LogP contribution < -0.4 is 5.32 Å². The van der Waals surface area contributed by atoms with Gasteiger partial charge in [0.15, 0.2) is 5.96 Å². The maximum atomic E-state index is 13.0. The Bertz CT molecular complexity index is 960. The van der Waals surface area contributed by atoms with Gasteiger partial charge in [-0.1, -0.05) is 53.5 Å². The van der Waals surface area contributed by atoms with Crippen molar-refractivity contribution in [1.29, 1.82) is 5.41 Å². The second-order valence-electron chi connectivity index (χ2n) is 8.01. The van der Waals surface area contributed by atoms with Crippen LogP contribution in [-0.2, 0) is 10.3 Å². The summed E-state index contributed by atoms with van der Waals surface area (Å²) in [6, 6.07) is 12.8. The minimum absolute atomic E-state index is 0. The fourth-order valence-corrected chi connectivity index (χ4v) is 4.78. The Morgan fingerprint density at radius 1 is 1.27 bits per heavy atom. The zero-order valence-corrected chi connectivity index (χ0v) is 18.8. The van der Waals surface area contributed by atoms with Gasteiger partial charge in [0.25, 0.3) is 0 Å². The van der Waals surface area contributed by atoms with Gasteiger partial charge in [-0.3, -0.25) is 15.1 Å². The predicted octanol–water partition coefficient (Wildman–Crippen LogP) is 4.82. The van der Waals surface area contributed by atoms with Gasteiger partial charge in [0, 0.05) is 10.6 Å². The standard InChI is InChI=1S/C22H23Cl2N3O2.ClH/c1-22(11-19(29)27(21(25)26-22)18(12-28)13-8-9-13)17-7-3-6-16(20(17)24)14-4-2-5-15(23)10-14;/h2-7,10,13,18,28H,8-9,11-12H2,1H3,(H2,25,26);1H/t18-,22-;/m0./s1. The van der Waals surface area contributed by atoms with E-state index in [1.807, 2.05) is 43.3 Å². The molecule has 2 aliphatic rings. The first-order chi connectivity index (χ1) is 13.8. The number of hydrogen-bond donors (Lipinski definition) is 3. The lowest BCUT2D eigenvalue weighted by atomic mass is 9.84. The van der Waals surface area contributed by atoms with Crippen LogP contribution in [0.25, 0.3) is 11.1 Å². The molecule has 2 atom stereocenters. The largest absolute Gasteiger partial charge is 0.394 e. The van der Waals surface area contributed by atoms with E-state index < -0.39 is 5.54 Å². The van der Waals surface area contributed by atoms with E-state index in [1.54, 1.807) is 6.07 Å². The Labute approximate surface area is 192 Å². The van der Waals surface area contributed by atoms with Gasteiger partial charge in [-0.15, -0.1) is 12.4 Å². The normalized spacial score (nSPS) is 22.3. The number of aliphatic hydroxyl groups is 1. The van der Waals surface area contributed by atoms with Crippen molar-refractivity contribution in [3.8, 4) is 11.1 Å². The summed E-state index contributed by atoms with van der Waals surface area (Å²) in [5, 5.41) is 22.6. The summed E-state index contributed by atoms with van der Waals surface area (Å²) in [7, 11) is 0. The Morgan fingerprint density at radius 3 is 2.57 bits per heavy atom. The minimum atomic E-state index is -0.820. The highest BCUT2D eigenvalue weighted by Gasteiger charge is 2.46. The maximum Gasteiger partial charge on any atom is 0.232 e. The molecule has 0 radical (unpaired) electrons. The number of carbonyl (C=O) groups excluding carboxylic acids is 1. The first-order valence-electron chi connectivity index (χ1n) is 9.68. The number of aliphatic hydroxyl groups excluding tert-OH is 1. The zero-order chi connectivity index (χ0) is 20.8. The third-order valence-corrected chi connectivity index (χ3v) is 6.46. The van der Waals surface area contributed by atoms with Crippen LogP contribution in [0.2, 0.25) is 10.0 Å². The molecule has 1 saturated carbocycles. The molecule has 3 N–H and O–H groups in total. The van der Waals surface area contributed by atoms with E-state index in [1.165, 1.54) is 4.90 Å². The topological polar surface area (TPSA) is 76.4 Å². The molecule has 0 aromatic heterocycles. The van der Waals surface area contributed by atoms with Crippen molar-refractivity contribution in [2.24, 2.45) is 5.92 Å². The molecule has 1 amide bonds. The number of amides is 1. The molecule has 4 rings (SSSR count). The Kier molecular flexibility index (Phi) is 6.68. The lowest BCUT2D eigenvalue weighted by molar-refractivity contribution is -0.133. The van der Waals surface area contributed by atoms with Crippen molar-refractivity contribution in [3.63, 3.8) is 0 Å². The second-order valence-corrected chi connectivity index (χ2v) is 8.83. The van der Waals surface area contributed by atoms with E-state index in [2.05, 4.69) is 5.32 Å². The summed E-state index contributed by atoms with van der Waals surface area (Å²) in [6.07, 6.45) is 2.11. The van der Waals surface area contributed by atoms with E-state index in [4.69, 9.17) is 28.6 Å². The number of carbonyl (C=O) groups is 1. The zero-order valence-electron chi connectivity index (χ0n) is 16.5. The lowest BCUT2D eigenvalue weighted by Crippen LogP contribution is -2.63. The fraction of sp³-hybridized carbons (Fsp3) is 0.364. The van der Waals surface area contributed by atoms with Crippen molar-refractivity contribution in [1.82, 2.24) is 10.2 Å². The molecular formula is C22H24Cl3N3O2. The van der Waals surface area contributed by atoms with Crippen LogP contribution >= 0.6 is 35.6 Å². The third kappa shape index (κ3) is 4.17. The molecule has 8 heteroatoms.